The van der Waals surface area contributed by atoms with Crippen molar-refractivity contribution in [3.8, 4) is 0 Å². The minimum atomic E-state index is -2.26. The van der Waals surface area contributed by atoms with Gasteiger partial charge in [0.1, 0.15) is 19.3 Å². The number of ether oxygens (including phenoxy) is 5. The van der Waals surface area contributed by atoms with E-state index < -0.39 is 54.6 Å². The minimum Gasteiger partial charge on any atom is -0.463 e. The summed E-state index contributed by atoms with van der Waals surface area (Å²) in [5.41, 5.74) is 0. The summed E-state index contributed by atoms with van der Waals surface area (Å²) in [5, 5.41) is 10.6. The Bertz CT molecular complexity index is 516. The van der Waals surface area contributed by atoms with Crippen molar-refractivity contribution >= 4 is 23.9 Å². The molecular formula is C14H20O10. The largest absolute Gasteiger partial charge is 0.463 e. The fourth-order valence-corrected chi connectivity index (χ4v) is 2.16. The highest BCUT2D eigenvalue weighted by Crippen LogP contribution is 2.34. The molecule has 0 aromatic rings. The van der Waals surface area contributed by atoms with Gasteiger partial charge in [0.05, 0.1) is 0 Å². The molecule has 0 spiro atoms. The highest BCUT2D eigenvalue weighted by molar-refractivity contribution is 5.68. The van der Waals surface area contributed by atoms with E-state index in [0.29, 0.717) is 0 Å². The Labute approximate surface area is 137 Å². The van der Waals surface area contributed by atoms with Crippen molar-refractivity contribution in [2.45, 2.75) is 51.8 Å². The molecule has 0 amide bonds. The average Bonchev–Trinajstić information content (AvgIpc) is 2.68. The van der Waals surface area contributed by atoms with E-state index >= 15 is 0 Å². The summed E-state index contributed by atoms with van der Waals surface area (Å²) in [6.45, 7) is 3.42. The first-order chi connectivity index (χ1) is 11.0. The Kier molecular flexibility index (Phi) is 6.67. The van der Waals surface area contributed by atoms with Crippen molar-refractivity contribution in [2.24, 2.45) is 0 Å². The van der Waals surface area contributed by atoms with Crippen molar-refractivity contribution in [2.75, 3.05) is 13.2 Å². The molecule has 0 aliphatic carbocycles. The highest BCUT2D eigenvalue weighted by atomic mass is 16.7. The monoisotopic (exact) mass is 348 g/mol. The van der Waals surface area contributed by atoms with E-state index in [1.54, 1.807) is 0 Å². The molecule has 0 radical (unpaired) electrons. The zero-order valence-electron chi connectivity index (χ0n) is 13.8. The molecule has 1 rings (SSSR count). The summed E-state index contributed by atoms with van der Waals surface area (Å²) < 4.78 is 24.9. The molecule has 1 saturated heterocycles. The molecule has 0 aromatic carbocycles. The van der Waals surface area contributed by atoms with Gasteiger partial charge in [0, 0.05) is 27.7 Å². The van der Waals surface area contributed by atoms with Gasteiger partial charge in [0.15, 0.2) is 12.2 Å². The lowest BCUT2D eigenvalue weighted by atomic mass is 10.1. The predicted molar refractivity (Wildman–Crippen MR) is 74.2 cm³/mol. The van der Waals surface area contributed by atoms with Crippen LogP contribution in [0.1, 0.15) is 27.7 Å². The molecule has 4 atom stereocenters. The first-order valence-electron chi connectivity index (χ1n) is 7.06. The number of carbonyl (C=O) groups excluding carboxylic acids is 4. The lowest BCUT2D eigenvalue weighted by Crippen LogP contribution is -2.50. The Morgan fingerprint density at radius 1 is 0.917 bits per heavy atom. The van der Waals surface area contributed by atoms with Gasteiger partial charge in [-0.05, 0) is 0 Å². The maximum absolute atomic E-state index is 11.3. The van der Waals surface area contributed by atoms with Gasteiger partial charge in [0.25, 0.3) is 0 Å². The van der Waals surface area contributed by atoms with Gasteiger partial charge in [0.2, 0.25) is 5.79 Å². The maximum atomic E-state index is 11.3. The van der Waals surface area contributed by atoms with Gasteiger partial charge in [-0.25, -0.2) is 0 Å². The Balaban J connectivity index is 3.07. The van der Waals surface area contributed by atoms with E-state index in [-0.39, 0.29) is 6.61 Å². The van der Waals surface area contributed by atoms with Crippen LogP contribution in [0.4, 0.5) is 0 Å². The molecule has 0 bridgehead atoms. The van der Waals surface area contributed by atoms with Gasteiger partial charge in [-0.15, -0.1) is 0 Å². The smallest absolute Gasteiger partial charge is 0.303 e. The van der Waals surface area contributed by atoms with Gasteiger partial charge in [-0.3, -0.25) is 19.2 Å². The van der Waals surface area contributed by atoms with Crippen LogP contribution >= 0.6 is 0 Å². The second-order valence-corrected chi connectivity index (χ2v) is 5.19. The molecule has 1 aliphatic heterocycles. The predicted octanol–water partition coefficient (Wildman–Crippen LogP) is -0.937. The third-order valence-corrected chi connectivity index (χ3v) is 2.99. The third kappa shape index (κ3) is 5.46. The van der Waals surface area contributed by atoms with Crippen molar-refractivity contribution in [3.05, 3.63) is 0 Å². The van der Waals surface area contributed by atoms with Crippen LogP contribution < -0.4 is 0 Å². The Morgan fingerprint density at radius 3 is 1.92 bits per heavy atom. The molecule has 0 aromatic heterocycles. The van der Waals surface area contributed by atoms with Crippen molar-refractivity contribution in [1.29, 1.82) is 0 Å². The summed E-state index contributed by atoms with van der Waals surface area (Å²) in [5.74, 6) is -5.11. The van der Waals surface area contributed by atoms with E-state index in [0.717, 1.165) is 27.7 Å². The summed E-state index contributed by atoms with van der Waals surface area (Å²) in [6.07, 6.45) is -3.85. The molecule has 136 valence electrons. The normalized spacial score (nSPS) is 28.8. The maximum Gasteiger partial charge on any atom is 0.303 e. The third-order valence-electron chi connectivity index (χ3n) is 2.99. The van der Waals surface area contributed by atoms with Crippen LogP contribution in [0.5, 0.6) is 0 Å². The van der Waals surface area contributed by atoms with Crippen LogP contribution in [0.15, 0.2) is 0 Å². The van der Waals surface area contributed by atoms with Gasteiger partial charge < -0.3 is 28.8 Å². The first-order valence-corrected chi connectivity index (χ1v) is 7.06. The fourth-order valence-electron chi connectivity index (χ4n) is 2.16. The second-order valence-electron chi connectivity index (χ2n) is 5.19. The van der Waals surface area contributed by atoms with Crippen LogP contribution in [0, 0.1) is 0 Å². The Morgan fingerprint density at radius 2 is 1.46 bits per heavy atom. The zero-order valence-corrected chi connectivity index (χ0v) is 13.8. The van der Waals surface area contributed by atoms with Crippen LogP contribution in [-0.2, 0) is 42.9 Å². The molecule has 10 nitrogen and oxygen atoms in total. The molecule has 0 saturated carbocycles. The molecule has 10 heteroatoms. The van der Waals surface area contributed by atoms with Crippen LogP contribution in [-0.4, -0.2) is 66.3 Å². The minimum absolute atomic E-state index is 0.368. The van der Waals surface area contributed by atoms with Gasteiger partial charge in [-0.1, -0.05) is 0 Å². The quantitative estimate of drug-likeness (QED) is 0.473. The number of hydrogen-bond acceptors (Lipinski definition) is 10. The van der Waals surface area contributed by atoms with Crippen LogP contribution in [0.2, 0.25) is 0 Å². The van der Waals surface area contributed by atoms with Crippen LogP contribution in [0.25, 0.3) is 0 Å². The summed E-state index contributed by atoms with van der Waals surface area (Å²) >= 11 is 0. The summed E-state index contributed by atoms with van der Waals surface area (Å²) in [6, 6.07) is 0. The lowest BCUT2D eigenvalue weighted by Gasteiger charge is -2.28. The molecular weight excluding hydrogens is 328 g/mol. The number of esters is 4. The standard InChI is InChI=1S/C14H20O10/c1-7(15)20-5-11-12(22-9(3)17)13(23-10(4)18)14(19,24-11)6-21-8(2)16/h11-13,19H,5-6H2,1-4H3/t11-,12+,13+,14-/m0/s1. The SMILES string of the molecule is CC(=O)OC[C@@H]1O[C@@](O)(COC(C)=O)[C@H](OC(C)=O)[C@@H]1OC(C)=O. The van der Waals surface area contributed by atoms with Crippen molar-refractivity contribution < 1.29 is 48.0 Å². The zero-order chi connectivity index (χ0) is 18.5. The number of hydrogen-bond donors (Lipinski definition) is 1. The fraction of sp³-hybridized carbons (Fsp3) is 0.714. The number of rotatable bonds is 6. The molecule has 1 aliphatic rings. The van der Waals surface area contributed by atoms with Gasteiger partial charge in [-0.2, -0.15) is 0 Å². The average molecular weight is 348 g/mol. The lowest BCUT2D eigenvalue weighted by molar-refractivity contribution is -0.257. The van der Waals surface area contributed by atoms with Gasteiger partial charge >= 0.3 is 23.9 Å². The van der Waals surface area contributed by atoms with E-state index in [1.165, 1.54) is 0 Å². The molecule has 1 fully saturated rings. The molecule has 1 N–H and O–H groups in total. The van der Waals surface area contributed by atoms with Crippen LogP contribution in [0.3, 0.4) is 0 Å². The van der Waals surface area contributed by atoms with E-state index in [4.69, 9.17) is 23.7 Å². The summed E-state index contributed by atoms with van der Waals surface area (Å²) in [7, 11) is 0. The molecule has 1 heterocycles. The molecule has 0 unspecified atom stereocenters. The highest BCUT2D eigenvalue weighted by Gasteiger charge is 2.59. The number of carbonyl (C=O) groups is 4. The van der Waals surface area contributed by atoms with E-state index in [1.807, 2.05) is 0 Å². The number of aliphatic hydroxyl groups is 1. The molecule has 24 heavy (non-hydrogen) atoms. The van der Waals surface area contributed by atoms with Crippen molar-refractivity contribution in [1.82, 2.24) is 0 Å². The first kappa shape index (κ1) is 19.8. The topological polar surface area (TPSA) is 135 Å². The Hall–Kier alpha value is -2.20. The summed E-state index contributed by atoms with van der Waals surface area (Å²) in [4.78, 5) is 44.5. The van der Waals surface area contributed by atoms with Crippen molar-refractivity contribution in [3.63, 3.8) is 0 Å². The van der Waals surface area contributed by atoms with E-state index in [9.17, 15) is 24.3 Å². The second kappa shape index (κ2) is 8.06. The van der Waals surface area contributed by atoms with E-state index in [2.05, 4.69) is 0 Å².